The van der Waals surface area contributed by atoms with Gasteiger partial charge in [0.25, 0.3) is 0 Å². The van der Waals surface area contributed by atoms with Crippen LogP contribution in [-0.4, -0.2) is 12.5 Å². The Kier molecular flexibility index (Phi) is 2.38. The highest BCUT2D eigenvalue weighted by molar-refractivity contribution is 5.96. The minimum atomic E-state index is -0.331. The first-order valence-corrected chi connectivity index (χ1v) is 4.66. The van der Waals surface area contributed by atoms with Crippen molar-refractivity contribution in [1.29, 1.82) is 5.26 Å². The SMILES string of the molecule is N#CC1CC(=O)N(c2ccc(F)cc2)C1. The standard InChI is InChI=1S/C11H9FN2O/c12-9-1-3-10(4-2-9)14-7-8(6-13)5-11(14)15/h1-4,8H,5,7H2. The van der Waals surface area contributed by atoms with E-state index in [9.17, 15) is 9.18 Å². The van der Waals surface area contributed by atoms with Crippen molar-refractivity contribution < 1.29 is 9.18 Å². The lowest BCUT2D eigenvalue weighted by Crippen LogP contribution is -2.24. The molecule has 0 radical (unpaired) electrons. The van der Waals surface area contributed by atoms with Gasteiger partial charge < -0.3 is 4.90 Å². The summed E-state index contributed by atoms with van der Waals surface area (Å²) in [4.78, 5) is 13.0. The number of nitrogens with zero attached hydrogens (tertiary/aromatic N) is 2. The van der Waals surface area contributed by atoms with Crippen molar-refractivity contribution in [2.24, 2.45) is 5.92 Å². The van der Waals surface area contributed by atoms with Crippen LogP contribution in [0.25, 0.3) is 0 Å². The van der Waals surface area contributed by atoms with Gasteiger partial charge in [0.2, 0.25) is 5.91 Å². The van der Waals surface area contributed by atoms with E-state index < -0.39 is 0 Å². The van der Waals surface area contributed by atoms with Gasteiger partial charge in [-0.1, -0.05) is 0 Å². The van der Waals surface area contributed by atoms with E-state index in [2.05, 4.69) is 6.07 Å². The highest BCUT2D eigenvalue weighted by atomic mass is 19.1. The molecule has 1 amide bonds. The number of amides is 1. The largest absolute Gasteiger partial charge is 0.311 e. The van der Waals surface area contributed by atoms with Crippen molar-refractivity contribution in [3.8, 4) is 6.07 Å². The molecule has 0 aliphatic carbocycles. The maximum Gasteiger partial charge on any atom is 0.228 e. The van der Waals surface area contributed by atoms with E-state index in [-0.39, 0.29) is 24.1 Å². The number of hydrogen-bond acceptors (Lipinski definition) is 2. The average molecular weight is 204 g/mol. The molecule has 1 atom stereocenters. The van der Waals surface area contributed by atoms with Gasteiger partial charge in [-0.3, -0.25) is 4.79 Å². The highest BCUT2D eigenvalue weighted by Crippen LogP contribution is 2.24. The Bertz CT molecular complexity index is 421. The zero-order valence-corrected chi connectivity index (χ0v) is 7.98. The summed E-state index contributed by atoms with van der Waals surface area (Å²) >= 11 is 0. The van der Waals surface area contributed by atoms with Crippen LogP contribution in [0.5, 0.6) is 0 Å². The van der Waals surface area contributed by atoms with Gasteiger partial charge in [-0.2, -0.15) is 5.26 Å². The van der Waals surface area contributed by atoms with Gasteiger partial charge in [0.1, 0.15) is 5.82 Å². The molecule has 1 heterocycles. The third kappa shape index (κ3) is 1.82. The molecule has 0 aromatic heterocycles. The fourth-order valence-corrected chi connectivity index (χ4v) is 1.66. The molecule has 1 fully saturated rings. The molecule has 3 nitrogen and oxygen atoms in total. The van der Waals surface area contributed by atoms with Crippen molar-refractivity contribution in [2.45, 2.75) is 6.42 Å². The number of halogens is 1. The van der Waals surface area contributed by atoms with Crippen LogP contribution in [0, 0.1) is 23.1 Å². The number of rotatable bonds is 1. The quantitative estimate of drug-likeness (QED) is 0.698. The predicted molar refractivity (Wildman–Crippen MR) is 52.5 cm³/mol. The Morgan fingerprint density at radius 1 is 1.40 bits per heavy atom. The fourth-order valence-electron chi connectivity index (χ4n) is 1.66. The summed E-state index contributed by atoms with van der Waals surface area (Å²) in [5.74, 6) is -0.655. The summed E-state index contributed by atoms with van der Waals surface area (Å²) < 4.78 is 12.7. The molecule has 1 aromatic rings. The molecule has 15 heavy (non-hydrogen) atoms. The number of anilines is 1. The summed E-state index contributed by atoms with van der Waals surface area (Å²) in [7, 11) is 0. The number of nitriles is 1. The normalized spacial score (nSPS) is 20.4. The lowest BCUT2D eigenvalue weighted by molar-refractivity contribution is -0.117. The van der Waals surface area contributed by atoms with Crippen molar-refractivity contribution in [3.63, 3.8) is 0 Å². The summed E-state index contributed by atoms with van der Waals surface area (Å²) in [5, 5.41) is 8.70. The molecule has 1 aliphatic heterocycles. The second kappa shape index (κ2) is 3.70. The maximum atomic E-state index is 12.7. The zero-order chi connectivity index (χ0) is 10.8. The summed E-state index contributed by atoms with van der Waals surface area (Å²) in [6, 6.07) is 7.78. The maximum absolute atomic E-state index is 12.7. The molecular weight excluding hydrogens is 195 g/mol. The third-order valence-electron chi connectivity index (χ3n) is 2.45. The summed E-state index contributed by atoms with van der Waals surface area (Å²) in [5.41, 5.74) is 0.652. The van der Waals surface area contributed by atoms with Crippen molar-refractivity contribution >= 4 is 11.6 Å². The van der Waals surface area contributed by atoms with Crippen LogP contribution in [0.3, 0.4) is 0 Å². The molecule has 0 spiro atoms. The smallest absolute Gasteiger partial charge is 0.228 e. The molecule has 1 aliphatic rings. The van der Waals surface area contributed by atoms with Gasteiger partial charge in [0.05, 0.1) is 12.0 Å². The Labute approximate surface area is 86.7 Å². The van der Waals surface area contributed by atoms with E-state index in [1.807, 2.05) is 0 Å². The van der Waals surface area contributed by atoms with Crippen molar-refractivity contribution in [1.82, 2.24) is 0 Å². The van der Waals surface area contributed by atoms with Crippen LogP contribution < -0.4 is 4.90 Å². The Hall–Kier alpha value is -1.89. The Morgan fingerprint density at radius 3 is 2.60 bits per heavy atom. The fraction of sp³-hybridized carbons (Fsp3) is 0.273. The second-order valence-corrected chi connectivity index (χ2v) is 3.51. The molecule has 0 bridgehead atoms. The Balaban J connectivity index is 2.22. The van der Waals surface area contributed by atoms with Gasteiger partial charge in [0, 0.05) is 18.7 Å². The molecule has 4 heteroatoms. The number of carbonyl (C=O) groups is 1. The van der Waals surface area contributed by atoms with Crippen molar-refractivity contribution in [2.75, 3.05) is 11.4 Å². The first-order chi connectivity index (χ1) is 7.20. The van der Waals surface area contributed by atoms with Crippen LogP contribution in [-0.2, 0) is 4.79 Å². The first-order valence-electron chi connectivity index (χ1n) is 4.66. The Morgan fingerprint density at radius 2 is 2.07 bits per heavy atom. The summed E-state index contributed by atoms with van der Waals surface area (Å²) in [6.45, 7) is 0.404. The van der Waals surface area contributed by atoms with E-state index in [1.165, 1.54) is 17.0 Å². The lowest BCUT2D eigenvalue weighted by Gasteiger charge is -2.15. The molecule has 2 rings (SSSR count). The predicted octanol–water partition coefficient (Wildman–Crippen LogP) is 1.70. The zero-order valence-electron chi connectivity index (χ0n) is 7.98. The van der Waals surface area contributed by atoms with E-state index in [4.69, 9.17) is 5.26 Å². The van der Waals surface area contributed by atoms with E-state index >= 15 is 0 Å². The molecule has 1 aromatic carbocycles. The molecule has 76 valence electrons. The van der Waals surface area contributed by atoms with Gasteiger partial charge in [-0.05, 0) is 24.3 Å². The van der Waals surface area contributed by atoms with Crippen LogP contribution in [0.15, 0.2) is 24.3 Å². The highest BCUT2D eigenvalue weighted by Gasteiger charge is 2.30. The van der Waals surface area contributed by atoms with Gasteiger partial charge in [-0.25, -0.2) is 4.39 Å². The van der Waals surface area contributed by atoms with Crippen LogP contribution in [0.4, 0.5) is 10.1 Å². The molecule has 1 unspecified atom stereocenters. The van der Waals surface area contributed by atoms with E-state index in [0.717, 1.165) is 0 Å². The number of benzene rings is 1. The topological polar surface area (TPSA) is 44.1 Å². The lowest BCUT2D eigenvalue weighted by atomic mass is 10.1. The minimum absolute atomic E-state index is 0.0758. The van der Waals surface area contributed by atoms with Gasteiger partial charge in [-0.15, -0.1) is 0 Å². The minimum Gasteiger partial charge on any atom is -0.311 e. The van der Waals surface area contributed by atoms with Crippen LogP contribution in [0.1, 0.15) is 6.42 Å². The molecule has 1 saturated heterocycles. The summed E-state index contributed by atoms with van der Waals surface area (Å²) in [6.07, 6.45) is 0.258. The monoisotopic (exact) mass is 204 g/mol. The van der Waals surface area contributed by atoms with Crippen molar-refractivity contribution in [3.05, 3.63) is 30.1 Å². The van der Waals surface area contributed by atoms with Gasteiger partial charge >= 0.3 is 0 Å². The molecule has 0 saturated carbocycles. The number of hydrogen-bond donors (Lipinski definition) is 0. The number of carbonyl (C=O) groups excluding carboxylic acids is 1. The van der Waals surface area contributed by atoms with E-state index in [0.29, 0.717) is 12.2 Å². The first kappa shape index (κ1) is 9.66. The van der Waals surface area contributed by atoms with Gasteiger partial charge in [0.15, 0.2) is 0 Å². The van der Waals surface area contributed by atoms with Crippen LogP contribution >= 0.6 is 0 Å². The molecular formula is C11H9FN2O. The average Bonchev–Trinajstić information content (AvgIpc) is 2.61. The second-order valence-electron chi connectivity index (χ2n) is 3.51. The van der Waals surface area contributed by atoms with Crippen LogP contribution in [0.2, 0.25) is 0 Å². The van der Waals surface area contributed by atoms with E-state index in [1.54, 1.807) is 12.1 Å². The third-order valence-corrected chi connectivity index (χ3v) is 2.45. The molecule has 0 N–H and O–H groups in total.